The first-order valence-electron chi connectivity index (χ1n) is 7.85. The van der Waals surface area contributed by atoms with Gasteiger partial charge >= 0.3 is 0 Å². The summed E-state index contributed by atoms with van der Waals surface area (Å²) in [5, 5.41) is 2.81. The molecular weight excluding hydrogens is 288 g/mol. The van der Waals surface area contributed by atoms with Crippen LogP contribution >= 0.6 is 0 Å². The van der Waals surface area contributed by atoms with Crippen LogP contribution in [-0.4, -0.2) is 28.4 Å². The highest BCUT2D eigenvalue weighted by molar-refractivity contribution is 6.04. The van der Waals surface area contributed by atoms with Gasteiger partial charge in [0, 0.05) is 18.2 Å². The third-order valence-electron chi connectivity index (χ3n) is 3.78. The lowest BCUT2D eigenvalue weighted by Crippen LogP contribution is -2.29. The van der Waals surface area contributed by atoms with Gasteiger partial charge in [-0.2, -0.15) is 0 Å². The van der Waals surface area contributed by atoms with Crippen LogP contribution in [0.3, 0.4) is 0 Å². The standard InChI is InChI=1S/C18H24N4O/c1-4-22(13(2)3)12-14-5-7-15(8-6-14)18(23)21-16-9-10-17(19)20-11-16/h5-11,13H,4,12H2,1-3H3,(H2,19,20)(H,21,23). The largest absolute Gasteiger partial charge is 0.384 e. The van der Waals surface area contributed by atoms with E-state index in [-0.39, 0.29) is 5.91 Å². The first-order valence-corrected chi connectivity index (χ1v) is 7.85. The molecule has 0 aliphatic heterocycles. The number of amides is 1. The smallest absolute Gasteiger partial charge is 0.255 e. The maximum atomic E-state index is 12.2. The van der Waals surface area contributed by atoms with Gasteiger partial charge in [-0.25, -0.2) is 4.98 Å². The van der Waals surface area contributed by atoms with Crippen molar-refractivity contribution in [2.24, 2.45) is 0 Å². The molecule has 5 nitrogen and oxygen atoms in total. The highest BCUT2D eigenvalue weighted by atomic mass is 16.1. The second-order valence-electron chi connectivity index (χ2n) is 5.78. The van der Waals surface area contributed by atoms with E-state index in [0.29, 0.717) is 23.1 Å². The topological polar surface area (TPSA) is 71.2 Å². The molecule has 1 amide bonds. The molecule has 23 heavy (non-hydrogen) atoms. The summed E-state index contributed by atoms with van der Waals surface area (Å²) in [6.07, 6.45) is 1.55. The first-order chi connectivity index (χ1) is 11.0. The Balaban J connectivity index is 2.01. The van der Waals surface area contributed by atoms with Crippen molar-refractivity contribution in [2.45, 2.75) is 33.4 Å². The number of pyridine rings is 1. The van der Waals surface area contributed by atoms with Crippen molar-refractivity contribution in [1.82, 2.24) is 9.88 Å². The van der Waals surface area contributed by atoms with Crippen molar-refractivity contribution < 1.29 is 4.79 Å². The average molecular weight is 312 g/mol. The lowest BCUT2D eigenvalue weighted by molar-refractivity contribution is 0.102. The van der Waals surface area contributed by atoms with Crippen LogP contribution in [0, 0.1) is 0 Å². The number of carbonyl (C=O) groups is 1. The molecule has 0 saturated heterocycles. The van der Waals surface area contributed by atoms with Gasteiger partial charge in [-0.15, -0.1) is 0 Å². The number of benzene rings is 1. The molecule has 0 saturated carbocycles. The molecule has 0 spiro atoms. The molecule has 3 N–H and O–H groups in total. The minimum absolute atomic E-state index is 0.153. The molecule has 0 fully saturated rings. The number of nitrogens with one attached hydrogen (secondary N) is 1. The Labute approximate surface area is 137 Å². The van der Waals surface area contributed by atoms with E-state index in [0.717, 1.165) is 13.1 Å². The number of nitrogen functional groups attached to an aromatic ring is 1. The fourth-order valence-corrected chi connectivity index (χ4v) is 2.34. The lowest BCUT2D eigenvalue weighted by atomic mass is 10.1. The Kier molecular flexibility index (Phi) is 5.71. The van der Waals surface area contributed by atoms with Crippen molar-refractivity contribution in [3.8, 4) is 0 Å². The zero-order valence-electron chi connectivity index (χ0n) is 13.9. The Morgan fingerprint density at radius 2 is 1.91 bits per heavy atom. The van der Waals surface area contributed by atoms with E-state index in [1.807, 2.05) is 24.3 Å². The fourth-order valence-electron chi connectivity index (χ4n) is 2.34. The second-order valence-corrected chi connectivity index (χ2v) is 5.78. The van der Waals surface area contributed by atoms with E-state index in [4.69, 9.17) is 5.73 Å². The van der Waals surface area contributed by atoms with Gasteiger partial charge in [0.1, 0.15) is 5.82 Å². The van der Waals surface area contributed by atoms with E-state index in [1.165, 1.54) is 5.56 Å². The maximum Gasteiger partial charge on any atom is 0.255 e. The summed E-state index contributed by atoms with van der Waals surface area (Å²) >= 11 is 0. The van der Waals surface area contributed by atoms with E-state index >= 15 is 0 Å². The molecule has 0 aliphatic rings. The van der Waals surface area contributed by atoms with Crippen LogP contribution < -0.4 is 11.1 Å². The minimum Gasteiger partial charge on any atom is -0.384 e. The van der Waals surface area contributed by atoms with Crippen LogP contribution in [0.4, 0.5) is 11.5 Å². The Bertz CT molecular complexity index is 635. The molecule has 0 unspecified atom stereocenters. The highest BCUT2D eigenvalue weighted by Gasteiger charge is 2.09. The van der Waals surface area contributed by atoms with Crippen molar-refractivity contribution in [2.75, 3.05) is 17.6 Å². The van der Waals surface area contributed by atoms with Gasteiger partial charge in [-0.05, 0) is 50.2 Å². The third kappa shape index (κ3) is 4.79. The van der Waals surface area contributed by atoms with E-state index < -0.39 is 0 Å². The number of rotatable bonds is 6. The number of carbonyl (C=O) groups excluding carboxylic acids is 1. The summed E-state index contributed by atoms with van der Waals surface area (Å²) in [5.74, 6) is 0.275. The van der Waals surface area contributed by atoms with Gasteiger partial charge in [-0.3, -0.25) is 9.69 Å². The number of hydrogen-bond donors (Lipinski definition) is 2. The molecule has 0 radical (unpaired) electrons. The summed E-state index contributed by atoms with van der Waals surface area (Å²) in [6, 6.07) is 11.6. The molecule has 0 aliphatic carbocycles. The minimum atomic E-state index is -0.153. The van der Waals surface area contributed by atoms with Crippen molar-refractivity contribution >= 4 is 17.4 Å². The summed E-state index contributed by atoms with van der Waals surface area (Å²) < 4.78 is 0. The number of anilines is 2. The summed E-state index contributed by atoms with van der Waals surface area (Å²) in [7, 11) is 0. The van der Waals surface area contributed by atoms with E-state index in [2.05, 4.69) is 36.0 Å². The second kappa shape index (κ2) is 7.74. The molecule has 122 valence electrons. The van der Waals surface area contributed by atoms with Gasteiger partial charge in [-0.1, -0.05) is 19.1 Å². The van der Waals surface area contributed by atoms with Crippen LogP contribution in [0.25, 0.3) is 0 Å². The zero-order chi connectivity index (χ0) is 16.8. The Morgan fingerprint density at radius 3 is 2.43 bits per heavy atom. The third-order valence-corrected chi connectivity index (χ3v) is 3.78. The van der Waals surface area contributed by atoms with Gasteiger partial charge < -0.3 is 11.1 Å². The van der Waals surface area contributed by atoms with Gasteiger partial charge in [0.05, 0.1) is 11.9 Å². The molecule has 0 atom stereocenters. The number of aromatic nitrogens is 1. The predicted molar refractivity (Wildman–Crippen MR) is 94.3 cm³/mol. The van der Waals surface area contributed by atoms with Gasteiger partial charge in [0.2, 0.25) is 0 Å². The number of nitrogens with two attached hydrogens (primary N) is 1. The van der Waals surface area contributed by atoms with Gasteiger partial charge in [0.15, 0.2) is 0 Å². The van der Waals surface area contributed by atoms with Crippen LogP contribution in [-0.2, 0) is 6.54 Å². The summed E-state index contributed by atoms with van der Waals surface area (Å²) in [5.41, 5.74) is 7.98. The molecule has 0 bridgehead atoms. The molecule has 1 heterocycles. The van der Waals surface area contributed by atoms with E-state index in [9.17, 15) is 4.79 Å². The molecular formula is C18H24N4O. The normalized spacial score (nSPS) is 11.0. The maximum absolute atomic E-state index is 12.2. The van der Waals surface area contributed by atoms with Crippen LogP contribution in [0.2, 0.25) is 0 Å². The fraction of sp³-hybridized carbons (Fsp3) is 0.333. The zero-order valence-corrected chi connectivity index (χ0v) is 13.9. The molecule has 1 aromatic heterocycles. The SMILES string of the molecule is CCN(Cc1ccc(C(=O)Nc2ccc(N)nc2)cc1)C(C)C. The van der Waals surface area contributed by atoms with Crippen molar-refractivity contribution in [1.29, 1.82) is 0 Å². The highest BCUT2D eigenvalue weighted by Crippen LogP contribution is 2.12. The number of nitrogens with zero attached hydrogens (tertiary/aromatic N) is 2. The van der Waals surface area contributed by atoms with Crippen LogP contribution in [0.15, 0.2) is 42.6 Å². The van der Waals surface area contributed by atoms with Crippen LogP contribution in [0.1, 0.15) is 36.7 Å². The molecule has 2 rings (SSSR count). The first kappa shape index (κ1) is 17.0. The molecule has 2 aromatic rings. The summed E-state index contributed by atoms with van der Waals surface area (Å²) in [4.78, 5) is 18.5. The van der Waals surface area contributed by atoms with E-state index in [1.54, 1.807) is 18.3 Å². The predicted octanol–water partition coefficient (Wildman–Crippen LogP) is 3.15. The Morgan fingerprint density at radius 1 is 1.22 bits per heavy atom. The van der Waals surface area contributed by atoms with Crippen molar-refractivity contribution in [3.05, 3.63) is 53.7 Å². The number of hydrogen-bond acceptors (Lipinski definition) is 4. The lowest BCUT2D eigenvalue weighted by Gasteiger charge is -2.24. The van der Waals surface area contributed by atoms with Gasteiger partial charge in [0.25, 0.3) is 5.91 Å². The molecule has 1 aromatic carbocycles. The average Bonchev–Trinajstić information content (AvgIpc) is 2.55. The summed E-state index contributed by atoms with van der Waals surface area (Å²) in [6.45, 7) is 8.42. The quantitative estimate of drug-likeness (QED) is 0.859. The van der Waals surface area contributed by atoms with Crippen LogP contribution in [0.5, 0.6) is 0 Å². The monoisotopic (exact) mass is 312 g/mol. The Hall–Kier alpha value is -2.40. The molecule has 5 heteroatoms. The van der Waals surface area contributed by atoms with Crippen molar-refractivity contribution in [3.63, 3.8) is 0 Å².